The van der Waals surface area contributed by atoms with E-state index in [2.05, 4.69) is 226 Å². The lowest BCUT2D eigenvalue weighted by Crippen LogP contribution is -2.33. The fourth-order valence-corrected chi connectivity index (χ4v) is 13.1. The quantitative estimate of drug-likeness (QED) is 0.149. The molecule has 1 unspecified atom stereocenters. The van der Waals surface area contributed by atoms with Crippen molar-refractivity contribution in [3.05, 3.63) is 235 Å². The molecule has 344 valence electrons. The van der Waals surface area contributed by atoms with Crippen LogP contribution in [0.4, 0.5) is 28.4 Å². The molecule has 1 aliphatic heterocycles. The third-order valence-electron chi connectivity index (χ3n) is 15.5. The minimum Gasteiger partial charge on any atom is -0.337 e. The summed E-state index contributed by atoms with van der Waals surface area (Å²) in [5, 5.41) is 9.97. The predicted molar refractivity (Wildman–Crippen MR) is 300 cm³/mol. The first-order valence-corrected chi connectivity index (χ1v) is 25.8. The monoisotopic (exact) mass is 934 g/mol. The minimum atomic E-state index is -0.723. The molecule has 0 saturated heterocycles. The van der Waals surface area contributed by atoms with Crippen LogP contribution in [0, 0.1) is 5.92 Å². The molecule has 0 fully saturated rings. The van der Waals surface area contributed by atoms with Gasteiger partial charge in [0.05, 0.1) is 29.2 Å². The minimum absolute atomic E-state index is 0.0214. The molecule has 0 amide bonds. The number of pyridine rings is 2. The Bertz CT molecular complexity index is 3810. The van der Waals surface area contributed by atoms with Crippen LogP contribution >= 0.6 is 11.8 Å². The van der Waals surface area contributed by atoms with Crippen LogP contribution in [0.25, 0.3) is 54.2 Å². The highest BCUT2D eigenvalue weighted by Crippen LogP contribution is 2.66. The maximum atomic E-state index is 4.70. The summed E-state index contributed by atoms with van der Waals surface area (Å²) in [5.74, 6) is 0.398. The molecule has 71 heavy (non-hydrogen) atoms. The highest BCUT2D eigenvalue weighted by atomic mass is 32.2. The summed E-state index contributed by atoms with van der Waals surface area (Å²) in [6, 6.07) is 69.3. The van der Waals surface area contributed by atoms with Gasteiger partial charge in [-0.1, -0.05) is 143 Å². The Morgan fingerprint density at radius 2 is 1.03 bits per heavy atom. The van der Waals surface area contributed by atoms with Crippen LogP contribution < -0.4 is 9.80 Å². The van der Waals surface area contributed by atoms with E-state index in [0.717, 1.165) is 28.4 Å². The summed E-state index contributed by atoms with van der Waals surface area (Å²) in [6.45, 7) is 13.8. The second-order valence-electron chi connectivity index (χ2n) is 20.9. The highest BCUT2D eigenvalue weighted by Gasteiger charge is 2.52. The van der Waals surface area contributed by atoms with E-state index < -0.39 is 5.41 Å². The SMILES string of the molecule is CC(C)C(C)N(c1cccnc1)c1ccc2c3c(c4ccccc4c2c1)-c1ccc(N(c2ccc(C(C)(C)C)cc2)c2cccnc2)cc1C31c2cc3ccccc3cc2Sc2cc3ccccc3cc21. The van der Waals surface area contributed by atoms with Gasteiger partial charge in [-0.05, 0) is 185 Å². The van der Waals surface area contributed by atoms with E-state index in [1.165, 1.54) is 91.8 Å². The Hall–Kier alpha value is -7.73. The van der Waals surface area contributed by atoms with Crippen LogP contribution in [0.5, 0.6) is 0 Å². The third-order valence-corrected chi connectivity index (χ3v) is 16.6. The third kappa shape index (κ3) is 6.73. The number of fused-ring (bicyclic) bond motifs is 16. The van der Waals surface area contributed by atoms with Crippen molar-refractivity contribution in [1.82, 2.24) is 9.97 Å². The standard InChI is InChI=1S/C66H54N4S/c1-41(2)42(3)69(51-19-13-31-67-39-51)49-27-29-55-57(37-49)53-21-11-12-22-54(53)63-56-30-28-50(70(52-20-14-32-68-40-52)48-25-23-47(24-26-48)65(4,5)6)38-58(56)66(64(55)63)59-33-43-15-7-9-17-45(43)35-61(59)71-62-36-46-18-10-8-16-44(46)34-60(62)66/h7-42H,1-6H3. The molecule has 0 bridgehead atoms. The number of rotatable bonds is 7. The van der Waals surface area contributed by atoms with E-state index in [-0.39, 0.29) is 11.5 Å². The van der Waals surface area contributed by atoms with Gasteiger partial charge in [-0.25, -0.2) is 0 Å². The number of anilines is 5. The molecule has 0 N–H and O–H groups in total. The van der Waals surface area contributed by atoms with Gasteiger partial charge in [-0.15, -0.1) is 0 Å². The van der Waals surface area contributed by atoms with E-state index in [4.69, 9.17) is 4.98 Å². The fourth-order valence-electron chi connectivity index (χ4n) is 11.8. The molecule has 3 heterocycles. The first-order valence-electron chi connectivity index (χ1n) is 25.0. The average Bonchev–Trinajstić information content (AvgIpc) is 3.70. The van der Waals surface area contributed by atoms with E-state index in [9.17, 15) is 0 Å². The zero-order valence-electron chi connectivity index (χ0n) is 41.0. The number of benzene rings is 9. The number of hydrogen-bond donors (Lipinski definition) is 0. The maximum absolute atomic E-state index is 4.70. The van der Waals surface area contributed by atoms with Crippen molar-refractivity contribution in [2.24, 2.45) is 5.92 Å². The molecule has 1 aliphatic carbocycles. The number of aromatic nitrogens is 2. The normalized spacial score (nSPS) is 13.9. The van der Waals surface area contributed by atoms with Crippen molar-refractivity contribution in [3.8, 4) is 11.1 Å². The molecule has 0 saturated carbocycles. The van der Waals surface area contributed by atoms with E-state index >= 15 is 0 Å². The van der Waals surface area contributed by atoms with Gasteiger partial charge in [-0.3, -0.25) is 9.97 Å². The van der Waals surface area contributed by atoms with E-state index in [0.29, 0.717) is 5.92 Å². The van der Waals surface area contributed by atoms with Crippen LogP contribution in [-0.4, -0.2) is 16.0 Å². The zero-order chi connectivity index (χ0) is 48.2. The Morgan fingerprint density at radius 3 is 1.62 bits per heavy atom. The number of nitrogens with zero attached hydrogens (tertiary/aromatic N) is 4. The van der Waals surface area contributed by atoms with Crippen LogP contribution in [0.2, 0.25) is 0 Å². The second kappa shape index (κ2) is 16.4. The smallest absolute Gasteiger partial charge is 0.0742 e. The van der Waals surface area contributed by atoms with Gasteiger partial charge >= 0.3 is 0 Å². The summed E-state index contributed by atoms with van der Waals surface area (Å²) >= 11 is 1.92. The van der Waals surface area contributed by atoms with Gasteiger partial charge in [0.2, 0.25) is 0 Å². The predicted octanol–water partition coefficient (Wildman–Crippen LogP) is 17.9. The van der Waals surface area contributed by atoms with Crippen molar-refractivity contribution >= 4 is 83.3 Å². The largest absolute Gasteiger partial charge is 0.337 e. The van der Waals surface area contributed by atoms with Crippen LogP contribution in [0.3, 0.4) is 0 Å². The Balaban J connectivity index is 1.18. The lowest BCUT2D eigenvalue weighted by molar-refractivity contribution is 0.518. The summed E-state index contributed by atoms with van der Waals surface area (Å²) in [5.41, 5.74) is 13.8. The molecular formula is C66H54N4S. The average molecular weight is 935 g/mol. The van der Waals surface area contributed by atoms with Gasteiger partial charge in [-0.2, -0.15) is 0 Å². The summed E-state index contributed by atoms with van der Waals surface area (Å²) < 4.78 is 0. The first kappa shape index (κ1) is 43.3. The maximum Gasteiger partial charge on any atom is 0.0742 e. The molecule has 9 aromatic carbocycles. The molecule has 0 radical (unpaired) electrons. The summed E-state index contributed by atoms with van der Waals surface area (Å²) in [6.07, 6.45) is 7.72. The molecule has 1 spiro atoms. The molecule has 5 heteroatoms. The topological polar surface area (TPSA) is 32.3 Å². The molecule has 1 atom stereocenters. The lowest BCUT2D eigenvalue weighted by atomic mass is 9.65. The van der Waals surface area contributed by atoms with E-state index in [1.54, 1.807) is 0 Å². The molecule has 2 aromatic heterocycles. The van der Waals surface area contributed by atoms with Crippen molar-refractivity contribution in [2.75, 3.05) is 9.80 Å². The zero-order valence-corrected chi connectivity index (χ0v) is 41.8. The summed E-state index contributed by atoms with van der Waals surface area (Å²) in [7, 11) is 0. The van der Waals surface area contributed by atoms with Gasteiger partial charge in [0, 0.05) is 45.3 Å². The molecule has 13 rings (SSSR count). The lowest BCUT2D eigenvalue weighted by Gasteiger charge is -2.41. The van der Waals surface area contributed by atoms with Gasteiger partial charge < -0.3 is 9.80 Å². The Labute approximate surface area is 420 Å². The van der Waals surface area contributed by atoms with Crippen LogP contribution in [0.1, 0.15) is 69.4 Å². The fraction of sp³-hybridized carbons (Fsp3) is 0.152. The van der Waals surface area contributed by atoms with Crippen molar-refractivity contribution in [2.45, 2.75) is 68.2 Å². The van der Waals surface area contributed by atoms with E-state index in [1.807, 2.05) is 48.7 Å². The molecular weight excluding hydrogens is 881 g/mol. The second-order valence-corrected chi connectivity index (χ2v) is 22.0. The first-order chi connectivity index (χ1) is 34.6. The Kier molecular flexibility index (Phi) is 10.0. The highest BCUT2D eigenvalue weighted by molar-refractivity contribution is 7.99. The van der Waals surface area contributed by atoms with Crippen molar-refractivity contribution < 1.29 is 0 Å². The van der Waals surface area contributed by atoms with Crippen molar-refractivity contribution in [3.63, 3.8) is 0 Å². The van der Waals surface area contributed by atoms with Crippen LogP contribution in [0.15, 0.2) is 217 Å². The van der Waals surface area contributed by atoms with Gasteiger partial charge in [0.1, 0.15) is 0 Å². The summed E-state index contributed by atoms with van der Waals surface area (Å²) in [4.78, 5) is 16.8. The molecule has 11 aromatic rings. The molecule has 2 aliphatic rings. The van der Waals surface area contributed by atoms with Gasteiger partial charge in [0.25, 0.3) is 0 Å². The molecule has 4 nitrogen and oxygen atoms in total. The van der Waals surface area contributed by atoms with Crippen LogP contribution in [-0.2, 0) is 10.8 Å². The number of hydrogen-bond acceptors (Lipinski definition) is 5. The van der Waals surface area contributed by atoms with Gasteiger partial charge in [0.15, 0.2) is 0 Å². The van der Waals surface area contributed by atoms with Crippen molar-refractivity contribution in [1.29, 1.82) is 0 Å². The Morgan fingerprint density at radius 1 is 0.465 bits per heavy atom.